The summed E-state index contributed by atoms with van der Waals surface area (Å²) in [7, 11) is 0. The number of pyridine rings is 1. The first-order valence-electron chi connectivity index (χ1n) is 9.69. The van der Waals surface area contributed by atoms with Crippen LogP contribution < -0.4 is 0 Å². The maximum absolute atomic E-state index is 12.7. The Labute approximate surface area is 163 Å². The van der Waals surface area contributed by atoms with Gasteiger partial charge in [-0.15, -0.1) is 0 Å². The zero-order valence-corrected chi connectivity index (χ0v) is 15.7. The van der Waals surface area contributed by atoms with Gasteiger partial charge < -0.3 is 4.90 Å². The predicted octanol–water partition coefficient (Wildman–Crippen LogP) is 3.48. The Kier molecular flexibility index (Phi) is 5.67. The van der Waals surface area contributed by atoms with Crippen LogP contribution in [-0.4, -0.2) is 51.9 Å². The van der Waals surface area contributed by atoms with Crippen molar-refractivity contribution in [3.8, 4) is 11.3 Å². The van der Waals surface area contributed by atoms with E-state index in [1.807, 2.05) is 24.4 Å². The molecule has 28 heavy (non-hydrogen) atoms. The first-order valence-corrected chi connectivity index (χ1v) is 9.69. The van der Waals surface area contributed by atoms with E-state index in [-0.39, 0.29) is 18.4 Å². The number of piperidine rings is 1. The molecule has 6 heteroatoms. The number of carbonyl (C=O) groups is 1. The summed E-state index contributed by atoms with van der Waals surface area (Å²) in [5, 5.41) is 2.07. The lowest BCUT2D eigenvalue weighted by atomic mass is 9.90. The van der Waals surface area contributed by atoms with Gasteiger partial charge >= 0.3 is 0 Å². The van der Waals surface area contributed by atoms with Crippen molar-refractivity contribution >= 4 is 16.6 Å². The number of fused-ring (bicyclic) bond motifs is 1. The van der Waals surface area contributed by atoms with E-state index in [0.717, 1.165) is 53.7 Å². The molecule has 0 spiro atoms. The quantitative estimate of drug-likeness (QED) is 0.657. The number of Topliss-reactive ketones (excluding diaryl/α,β-unsaturated/α-hetero) is 1. The highest BCUT2D eigenvalue weighted by molar-refractivity contribution is 5.88. The highest BCUT2D eigenvalue weighted by Crippen LogP contribution is 2.24. The lowest BCUT2D eigenvalue weighted by Crippen LogP contribution is -2.37. The van der Waals surface area contributed by atoms with Gasteiger partial charge in [-0.1, -0.05) is 12.1 Å². The molecule has 1 aliphatic heterocycles. The van der Waals surface area contributed by atoms with Crippen molar-refractivity contribution in [3.05, 3.63) is 54.7 Å². The molecule has 0 bridgehead atoms. The second kappa shape index (κ2) is 8.52. The normalized spacial score (nSPS) is 15.8. The number of carbonyl (C=O) groups excluding carboxylic acids is 1. The lowest BCUT2D eigenvalue weighted by Gasteiger charge is -2.30. The van der Waals surface area contributed by atoms with Crippen LogP contribution in [0.5, 0.6) is 0 Å². The molecule has 4 rings (SSSR count). The highest BCUT2D eigenvalue weighted by Gasteiger charge is 2.25. The zero-order valence-electron chi connectivity index (χ0n) is 15.7. The number of aromatic nitrogens is 3. The summed E-state index contributed by atoms with van der Waals surface area (Å²) in [6.45, 7) is 1.75. The largest absolute Gasteiger partial charge is 0.301 e. The second-order valence-corrected chi connectivity index (χ2v) is 7.28. The molecule has 0 N–H and O–H groups in total. The van der Waals surface area contributed by atoms with Crippen LogP contribution in [0.2, 0.25) is 0 Å². The van der Waals surface area contributed by atoms with Gasteiger partial charge in [-0.2, -0.15) is 0 Å². The van der Waals surface area contributed by atoms with Gasteiger partial charge in [0.15, 0.2) is 0 Å². The van der Waals surface area contributed by atoms with Gasteiger partial charge in [0, 0.05) is 54.1 Å². The molecular formula is C22H23FN4O. The van der Waals surface area contributed by atoms with Crippen LogP contribution in [0.3, 0.4) is 0 Å². The van der Waals surface area contributed by atoms with E-state index in [0.29, 0.717) is 13.0 Å². The van der Waals surface area contributed by atoms with Gasteiger partial charge in [0.25, 0.3) is 0 Å². The molecule has 0 saturated carbocycles. The molecule has 5 nitrogen and oxygen atoms in total. The molecular weight excluding hydrogens is 355 g/mol. The molecule has 1 fully saturated rings. The van der Waals surface area contributed by atoms with Crippen LogP contribution >= 0.6 is 0 Å². The van der Waals surface area contributed by atoms with E-state index < -0.39 is 0 Å². The Balaban J connectivity index is 1.47. The average molecular weight is 378 g/mol. The summed E-state index contributed by atoms with van der Waals surface area (Å²) in [4.78, 5) is 27.7. The Bertz CT molecular complexity index is 955. The Morgan fingerprint density at radius 2 is 1.93 bits per heavy atom. The van der Waals surface area contributed by atoms with E-state index in [2.05, 4.69) is 25.9 Å². The fourth-order valence-corrected chi connectivity index (χ4v) is 3.81. The minimum absolute atomic E-state index is 0.0549. The minimum Gasteiger partial charge on any atom is -0.301 e. The predicted molar refractivity (Wildman–Crippen MR) is 107 cm³/mol. The van der Waals surface area contributed by atoms with E-state index >= 15 is 0 Å². The molecule has 1 aliphatic rings. The van der Waals surface area contributed by atoms with Crippen molar-refractivity contribution in [1.29, 1.82) is 0 Å². The van der Waals surface area contributed by atoms with Crippen molar-refractivity contribution in [2.45, 2.75) is 19.3 Å². The molecule has 3 aromatic rings. The number of halogens is 1. The zero-order chi connectivity index (χ0) is 19.3. The van der Waals surface area contributed by atoms with Crippen LogP contribution in [0, 0.1) is 5.92 Å². The summed E-state index contributed by atoms with van der Waals surface area (Å²) in [6.07, 6.45) is 8.85. The molecule has 0 unspecified atom stereocenters. The Morgan fingerprint density at radius 3 is 2.68 bits per heavy atom. The molecule has 2 aromatic heterocycles. The third-order valence-corrected chi connectivity index (χ3v) is 5.44. The first kappa shape index (κ1) is 18.6. The number of ketones is 1. The summed E-state index contributed by atoms with van der Waals surface area (Å²) in [5.41, 5.74) is 2.60. The van der Waals surface area contributed by atoms with E-state index in [4.69, 9.17) is 0 Å². The highest BCUT2D eigenvalue weighted by atomic mass is 19.1. The number of alkyl halides is 1. The average Bonchev–Trinajstić information content (AvgIpc) is 2.74. The van der Waals surface area contributed by atoms with Crippen LogP contribution in [0.1, 0.15) is 18.5 Å². The Morgan fingerprint density at radius 1 is 1.07 bits per heavy atom. The number of hydrogen-bond acceptors (Lipinski definition) is 5. The number of hydrogen-bond donors (Lipinski definition) is 0. The molecule has 0 atom stereocenters. The maximum atomic E-state index is 12.7. The van der Waals surface area contributed by atoms with Crippen molar-refractivity contribution in [3.63, 3.8) is 0 Å². The molecule has 0 aliphatic carbocycles. The number of benzene rings is 1. The smallest absolute Gasteiger partial charge is 0.142 e. The summed E-state index contributed by atoms with van der Waals surface area (Å²) in [6, 6.07) is 8.07. The Hall–Kier alpha value is -2.73. The van der Waals surface area contributed by atoms with Gasteiger partial charge in [-0.3, -0.25) is 19.7 Å². The molecule has 0 radical (unpaired) electrons. The summed E-state index contributed by atoms with van der Waals surface area (Å²) < 4.78 is 12.5. The number of rotatable bonds is 6. The van der Waals surface area contributed by atoms with Gasteiger partial charge in [0.05, 0.1) is 11.9 Å². The first-order chi connectivity index (χ1) is 13.7. The molecule has 1 aromatic carbocycles. The molecule has 1 saturated heterocycles. The fraction of sp³-hybridized carbons (Fsp3) is 0.364. The van der Waals surface area contributed by atoms with Crippen molar-refractivity contribution < 1.29 is 9.18 Å². The van der Waals surface area contributed by atoms with E-state index in [1.165, 1.54) is 0 Å². The number of likely N-dealkylation sites (tertiary alicyclic amines) is 1. The van der Waals surface area contributed by atoms with Crippen LogP contribution in [0.15, 0.2) is 49.1 Å². The van der Waals surface area contributed by atoms with Crippen LogP contribution in [-0.2, 0) is 11.2 Å². The van der Waals surface area contributed by atoms with Crippen molar-refractivity contribution in [2.24, 2.45) is 5.92 Å². The van der Waals surface area contributed by atoms with Crippen LogP contribution in [0.4, 0.5) is 4.39 Å². The SMILES string of the molecule is O=C(Cc1cc2cc(-c3cnccn3)ccc2cn1)C1CCN(CCF)CC1. The van der Waals surface area contributed by atoms with Gasteiger partial charge in [-0.05, 0) is 43.5 Å². The second-order valence-electron chi connectivity index (χ2n) is 7.28. The standard InChI is InChI=1S/C22H23FN4O/c23-5-10-27-8-3-16(4-9-27)22(28)13-20-12-19-11-17(1-2-18(19)14-26-20)21-15-24-6-7-25-21/h1-2,6-7,11-12,14-16H,3-5,8-10,13H2. The lowest BCUT2D eigenvalue weighted by molar-refractivity contribution is -0.123. The maximum Gasteiger partial charge on any atom is 0.142 e. The summed E-state index contributed by atoms with van der Waals surface area (Å²) in [5.74, 6) is 0.288. The third-order valence-electron chi connectivity index (χ3n) is 5.44. The molecule has 3 heterocycles. The van der Waals surface area contributed by atoms with Crippen molar-refractivity contribution in [2.75, 3.05) is 26.3 Å². The monoisotopic (exact) mass is 378 g/mol. The number of nitrogens with zero attached hydrogens (tertiary/aromatic N) is 4. The molecule has 144 valence electrons. The summed E-state index contributed by atoms with van der Waals surface area (Å²) >= 11 is 0. The fourth-order valence-electron chi connectivity index (χ4n) is 3.81. The van der Waals surface area contributed by atoms with Crippen LogP contribution in [0.25, 0.3) is 22.0 Å². The van der Waals surface area contributed by atoms with Crippen molar-refractivity contribution in [1.82, 2.24) is 19.9 Å². The topological polar surface area (TPSA) is 59.0 Å². The molecule has 0 amide bonds. The van der Waals surface area contributed by atoms with E-state index in [1.54, 1.807) is 18.6 Å². The van der Waals surface area contributed by atoms with Gasteiger partial charge in [-0.25, -0.2) is 4.39 Å². The van der Waals surface area contributed by atoms with Gasteiger partial charge in [0.1, 0.15) is 12.5 Å². The minimum atomic E-state index is -0.323. The third kappa shape index (κ3) is 4.22. The van der Waals surface area contributed by atoms with E-state index in [9.17, 15) is 9.18 Å². The van der Waals surface area contributed by atoms with Gasteiger partial charge in [0.2, 0.25) is 0 Å².